The lowest BCUT2D eigenvalue weighted by Gasteiger charge is -2.37. The molecule has 1 saturated carbocycles. The Morgan fingerprint density at radius 1 is 1.03 bits per heavy atom. The van der Waals surface area contributed by atoms with Crippen molar-refractivity contribution in [2.45, 2.75) is 72.1 Å². The second kappa shape index (κ2) is 9.82. The van der Waals surface area contributed by atoms with Crippen LogP contribution in [0.5, 0.6) is 5.75 Å². The van der Waals surface area contributed by atoms with Gasteiger partial charge in [0.25, 0.3) is 0 Å². The van der Waals surface area contributed by atoms with Crippen molar-refractivity contribution in [3.63, 3.8) is 0 Å². The molecule has 3 aliphatic rings. The van der Waals surface area contributed by atoms with Gasteiger partial charge in [-0.05, 0) is 120 Å². The number of carboxylic acid groups (broad SMARTS) is 1. The number of ether oxygens (including phenoxy) is 2. The van der Waals surface area contributed by atoms with Crippen LogP contribution in [0.15, 0.2) is 48.5 Å². The second-order valence-electron chi connectivity index (χ2n) is 12.8. The molecule has 3 aromatic carbocycles. The molecule has 39 heavy (non-hydrogen) atoms. The Kier molecular flexibility index (Phi) is 6.58. The van der Waals surface area contributed by atoms with Crippen molar-refractivity contribution in [1.82, 2.24) is 0 Å². The molecule has 1 atom stereocenters. The maximum Gasteiger partial charge on any atom is 0.303 e. The number of rotatable bonds is 9. The molecule has 1 N–H and O–H groups in total. The number of fused-ring (bicyclic) bond motifs is 1. The quantitative estimate of drug-likeness (QED) is 0.317. The SMILES string of the molecule is Cc1cc(OCC2(C)COC2)cc(C)c1-c1cccc(CCc2ccc3c(c2)CC2(CC2)C3CC(=O)O)c1C. The molecule has 0 aromatic heterocycles. The summed E-state index contributed by atoms with van der Waals surface area (Å²) in [4.78, 5) is 11.5. The summed E-state index contributed by atoms with van der Waals surface area (Å²) >= 11 is 0. The maximum atomic E-state index is 11.5. The van der Waals surface area contributed by atoms with Crippen molar-refractivity contribution < 1.29 is 19.4 Å². The Bertz CT molecular complexity index is 1400. The third-order valence-electron chi connectivity index (χ3n) is 9.53. The second-order valence-corrected chi connectivity index (χ2v) is 12.8. The highest BCUT2D eigenvalue weighted by molar-refractivity contribution is 5.75. The monoisotopic (exact) mass is 524 g/mol. The zero-order valence-corrected chi connectivity index (χ0v) is 23.7. The zero-order chi connectivity index (χ0) is 27.4. The number of hydrogen-bond acceptors (Lipinski definition) is 3. The van der Waals surface area contributed by atoms with Crippen LogP contribution < -0.4 is 4.74 Å². The van der Waals surface area contributed by atoms with E-state index in [9.17, 15) is 9.90 Å². The molecule has 1 saturated heterocycles. The largest absolute Gasteiger partial charge is 0.493 e. The molecule has 4 heteroatoms. The van der Waals surface area contributed by atoms with Gasteiger partial charge in [-0.1, -0.05) is 43.3 Å². The zero-order valence-electron chi connectivity index (χ0n) is 23.7. The number of carboxylic acids is 1. The summed E-state index contributed by atoms with van der Waals surface area (Å²) in [5.41, 5.74) is 12.2. The van der Waals surface area contributed by atoms with Crippen LogP contribution in [0.3, 0.4) is 0 Å². The van der Waals surface area contributed by atoms with E-state index in [2.05, 4.69) is 76.2 Å². The highest BCUT2D eigenvalue weighted by Crippen LogP contribution is 2.64. The molecule has 0 amide bonds. The minimum Gasteiger partial charge on any atom is -0.493 e. The van der Waals surface area contributed by atoms with Gasteiger partial charge in [0.15, 0.2) is 0 Å². The molecule has 3 aromatic rings. The first kappa shape index (κ1) is 26.1. The topological polar surface area (TPSA) is 55.8 Å². The van der Waals surface area contributed by atoms with Crippen molar-refractivity contribution in [3.8, 4) is 16.9 Å². The van der Waals surface area contributed by atoms with Gasteiger partial charge in [-0.15, -0.1) is 0 Å². The van der Waals surface area contributed by atoms with Crippen molar-refractivity contribution in [2.75, 3.05) is 19.8 Å². The maximum absolute atomic E-state index is 11.5. The summed E-state index contributed by atoms with van der Waals surface area (Å²) in [5.74, 6) is 0.451. The number of benzene rings is 3. The molecule has 6 rings (SSSR count). The van der Waals surface area contributed by atoms with Gasteiger partial charge < -0.3 is 14.6 Å². The molecule has 204 valence electrons. The van der Waals surface area contributed by atoms with Gasteiger partial charge in [-0.25, -0.2) is 0 Å². The summed E-state index contributed by atoms with van der Waals surface area (Å²) in [6, 6.07) is 17.9. The lowest BCUT2D eigenvalue weighted by Crippen LogP contribution is -2.44. The molecule has 1 spiro atoms. The summed E-state index contributed by atoms with van der Waals surface area (Å²) in [7, 11) is 0. The Labute approximate surface area is 232 Å². The minimum absolute atomic E-state index is 0.129. The van der Waals surface area contributed by atoms with Gasteiger partial charge in [0.2, 0.25) is 0 Å². The third-order valence-corrected chi connectivity index (χ3v) is 9.53. The lowest BCUT2D eigenvalue weighted by molar-refractivity contribution is -0.137. The highest BCUT2D eigenvalue weighted by Gasteiger charge is 2.54. The van der Waals surface area contributed by atoms with Crippen LogP contribution in [0.25, 0.3) is 11.1 Å². The van der Waals surface area contributed by atoms with Crippen LogP contribution in [0.2, 0.25) is 0 Å². The van der Waals surface area contributed by atoms with E-state index in [1.807, 2.05) is 0 Å². The average molecular weight is 525 g/mol. The Morgan fingerprint density at radius 2 is 1.77 bits per heavy atom. The fraction of sp³-hybridized carbons (Fsp3) is 0.457. The molecule has 2 fully saturated rings. The molecule has 0 radical (unpaired) electrons. The Balaban J connectivity index is 1.18. The first-order valence-electron chi connectivity index (χ1n) is 14.4. The number of aliphatic carboxylic acids is 1. The molecule has 1 aliphatic heterocycles. The van der Waals surface area contributed by atoms with E-state index in [1.54, 1.807) is 0 Å². The van der Waals surface area contributed by atoms with Crippen LogP contribution in [0.1, 0.15) is 71.0 Å². The third kappa shape index (κ3) is 5.00. The minimum atomic E-state index is -0.677. The molecule has 1 unspecified atom stereocenters. The molecule has 2 aliphatic carbocycles. The van der Waals surface area contributed by atoms with Crippen molar-refractivity contribution in [1.29, 1.82) is 0 Å². The van der Waals surface area contributed by atoms with Crippen molar-refractivity contribution in [3.05, 3.63) is 87.5 Å². The van der Waals surface area contributed by atoms with E-state index in [-0.39, 0.29) is 23.2 Å². The van der Waals surface area contributed by atoms with Crippen molar-refractivity contribution >= 4 is 5.97 Å². The van der Waals surface area contributed by atoms with E-state index in [1.165, 1.54) is 62.9 Å². The first-order chi connectivity index (χ1) is 18.7. The number of aryl methyl sites for hydroxylation is 4. The van der Waals surface area contributed by atoms with Crippen LogP contribution in [0, 0.1) is 31.6 Å². The van der Waals surface area contributed by atoms with Gasteiger partial charge in [-0.3, -0.25) is 4.79 Å². The summed E-state index contributed by atoms with van der Waals surface area (Å²) in [6.07, 6.45) is 5.62. The lowest BCUT2D eigenvalue weighted by atomic mass is 9.86. The summed E-state index contributed by atoms with van der Waals surface area (Å²) < 4.78 is 11.5. The average Bonchev–Trinajstić information content (AvgIpc) is 3.58. The van der Waals surface area contributed by atoms with E-state index in [0.717, 1.165) is 38.2 Å². The van der Waals surface area contributed by atoms with Gasteiger partial charge in [-0.2, -0.15) is 0 Å². The van der Waals surface area contributed by atoms with Gasteiger partial charge >= 0.3 is 5.97 Å². The van der Waals surface area contributed by atoms with E-state index in [0.29, 0.717) is 6.61 Å². The van der Waals surface area contributed by atoms with Crippen LogP contribution in [-0.4, -0.2) is 30.9 Å². The number of carbonyl (C=O) groups is 1. The standard InChI is InChI=1S/C35H40O4/c1-22-14-28(39-21-34(4)19-38-20-34)15-23(2)33(22)29-7-5-6-26(24(29)3)10-8-25-9-11-30-27(16-25)18-35(12-13-35)31(30)17-32(36)37/h5-7,9,11,14-16,31H,8,10,12-13,17-21H2,1-4H3,(H,36,37). The van der Waals surface area contributed by atoms with Crippen LogP contribution in [-0.2, 0) is 28.8 Å². The van der Waals surface area contributed by atoms with Gasteiger partial charge in [0.1, 0.15) is 5.75 Å². The highest BCUT2D eigenvalue weighted by atomic mass is 16.5. The molecule has 1 heterocycles. The van der Waals surface area contributed by atoms with Gasteiger partial charge in [0.05, 0.1) is 26.2 Å². The number of hydrogen-bond donors (Lipinski definition) is 1. The predicted octanol–water partition coefficient (Wildman–Crippen LogP) is 7.37. The first-order valence-corrected chi connectivity index (χ1v) is 14.4. The fourth-order valence-corrected chi connectivity index (χ4v) is 7.05. The van der Waals surface area contributed by atoms with Crippen molar-refractivity contribution in [2.24, 2.45) is 10.8 Å². The molecular weight excluding hydrogens is 484 g/mol. The molecule has 4 nitrogen and oxygen atoms in total. The van der Waals surface area contributed by atoms with Crippen LogP contribution >= 0.6 is 0 Å². The van der Waals surface area contributed by atoms with E-state index in [4.69, 9.17) is 9.47 Å². The smallest absolute Gasteiger partial charge is 0.303 e. The summed E-state index contributed by atoms with van der Waals surface area (Å²) in [5, 5.41) is 9.46. The fourth-order valence-electron chi connectivity index (χ4n) is 7.05. The van der Waals surface area contributed by atoms with E-state index >= 15 is 0 Å². The normalized spacial score (nSPS) is 19.9. The Morgan fingerprint density at radius 3 is 2.41 bits per heavy atom. The predicted molar refractivity (Wildman–Crippen MR) is 155 cm³/mol. The van der Waals surface area contributed by atoms with Gasteiger partial charge in [0, 0.05) is 11.3 Å². The van der Waals surface area contributed by atoms with E-state index < -0.39 is 5.97 Å². The molecular formula is C35H40O4. The summed E-state index contributed by atoms with van der Waals surface area (Å²) in [6.45, 7) is 11.1. The van der Waals surface area contributed by atoms with Crippen LogP contribution in [0.4, 0.5) is 0 Å². The Hall–Kier alpha value is -3.11. The molecule has 0 bridgehead atoms.